The molecular formula is C17H22O2. The lowest BCUT2D eigenvalue weighted by atomic mass is 9.64. The van der Waals surface area contributed by atoms with Crippen LogP contribution in [0.25, 0.3) is 0 Å². The zero-order chi connectivity index (χ0) is 13.1. The Balaban J connectivity index is 1.65. The van der Waals surface area contributed by atoms with Gasteiger partial charge in [0.2, 0.25) is 0 Å². The Bertz CT molecular complexity index is 464. The molecule has 1 N–H and O–H groups in total. The average Bonchev–Trinajstić information content (AvgIpc) is 3.11. The molecule has 0 aliphatic heterocycles. The predicted octanol–water partition coefficient (Wildman–Crippen LogP) is 3.36. The van der Waals surface area contributed by atoms with Gasteiger partial charge in [0, 0.05) is 6.08 Å². The molecule has 4 rings (SSSR count). The number of rotatable bonds is 3. The second-order valence-corrected chi connectivity index (χ2v) is 7.01. The number of carbonyl (C=O) groups is 1. The molecule has 102 valence electrons. The molecule has 0 radical (unpaired) electrons. The molecule has 3 saturated carbocycles. The summed E-state index contributed by atoms with van der Waals surface area (Å²) in [6.07, 6.45) is 12.3. The van der Waals surface area contributed by atoms with Crippen LogP contribution in [0.2, 0.25) is 0 Å². The van der Waals surface area contributed by atoms with Gasteiger partial charge in [0.25, 0.3) is 0 Å². The number of hydrogen-bond acceptors (Lipinski definition) is 1. The minimum Gasteiger partial charge on any atom is -0.478 e. The molecule has 0 saturated heterocycles. The van der Waals surface area contributed by atoms with Crippen LogP contribution in [-0.4, -0.2) is 11.1 Å². The van der Waals surface area contributed by atoms with Crippen molar-refractivity contribution in [3.8, 4) is 0 Å². The molecule has 2 nitrogen and oxygen atoms in total. The van der Waals surface area contributed by atoms with Gasteiger partial charge in [-0.05, 0) is 60.2 Å². The van der Waals surface area contributed by atoms with E-state index in [0.29, 0.717) is 5.92 Å². The Kier molecular flexibility index (Phi) is 2.46. The van der Waals surface area contributed by atoms with Gasteiger partial charge in [-0.25, -0.2) is 4.79 Å². The minimum atomic E-state index is -0.790. The summed E-state index contributed by atoms with van der Waals surface area (Å²) < 4.78 is 0. The summed E-state index contributed by atoms with van der Waals surface area (Å²) in [5.74, 6) is 5.55. The first kappa shape index (κ1) is 11.7. The van der Waals surface area contributed by atoms with E-state index in [1.54, 1.807) is 0 Å². The molecule has 3 fully saturated rings. The predicted molar refractivity (Wildman–Crippen MR) is 73.4 cm³/mol. The van der Waals surface area contributed by atoms with Crippen molar-refractivity contribution in [2.75, 3.05) is 0 Å². The third kappa shape index (κ3) is 1.46. The monoisotopic (exact) mass is 258 g/mol. The molecule has 4 bridgehead atoms. The Labute approximate surface area is 114 Å². The maximum Gasteiger partial charge on any atom is 0.327 e. The Hall–Kier alpha value is -1.05. The number of fused-ring (bicyclic) bond motifs is 9. The van der Waals surface area contributed by atoms with Crippen LogP contribution in [0.3, 0.4) is 0 Å². The molecule has 0 aromatic rings. The molecule has 0 aromatic carbocycles. The van der Waals surface area contributed by atoms with Gasteiger partial charge < -0.3 is 5.11 Å². The average molecular weight is 258 g/mol. The summed E-state index contributed by atoms with van der Waals surface area (Å²) in [4.78, 5) is 10.8. The van der Waals surface area contributed by atoms with Gasteiger partial charge in [-0.15, -0.1) is 0 Å². The topological polar surface area (TPSA) is 37.3 Å². The smallest absolute Gasteiger partial charge is 0.327 e. The van der Waals surface area contributed by atoms with Crippen LogP contribution >= 0.6 is 0 Å². The van der Waals surface area contributed by atoms with Crippen molar-refractivity contribution in [2.24, 2.45) is 47.3 Å². The van der Waals surface area contributed by atoms with E-state index in [2.05, 4.69) is 19.1 Å². The molecule has 0 spiro atoms. The van der Waals surface area contributed by atoms with Crippen LogP contribution in [0.5, 0.6) is 0 Å². The number of carboxylic acid groups (broad SMARTS) is 1. The van der Waals surface area contributed by atoms with E-state index < -0.39 is 5.97 Å². The van der Waals surface area contributed by atoms with Crippen LogP contribution in [0.15, 0.2) is 24.3 Å². The van der Waals surface area contributed by atoms with Crippen LogP contribution in [0, 0.1) is 47.3 Å². The first-order chi connectivity index (χ1) is 9.20. The van der Waals surface area contributed by atoms with Gasteiger partial charge in [0.05, 0.1) is 0 Å². The summed E-state index contributed by atoms with van der Waals surface area (Å²) in [7, 11) is 0. The summed E-state index contributed by atoms with van der Waals surface area (Å²) in [5, 5.41) is 8.90. The largest absolute Gasteiger partial charge is 0.478 e. The van der Waals surface area contributed by atoms with Crippen LogP contribution in [0.1, 0.15) is 26.2 Å². The van der Waals surface area contributed by atoms with Gasteiger partial charge in [0.1, 0.15) is 0 Å². The van der Waals surface area contributed by atoms with Gasteiger partial charge in [0.15, 0.2) is 0 Å². The van der Waals surface area contributed by atoms with Crippen molar-refractivity contribution in [2.45, 2.75) is 26.2 Å². The molecule has 19 heavy (non-hydrogen) atoms. The Morgan fingerprint density at radius 2 is 1.89 bits per heavy atom. The quantitative estimate of drug-likeness (QED) is 0.479. The number of hydrogen-bond donors (Lipinski definition) is 1. The minimum absolute atomic E-state index is 0.528. The molecule has 0 amide bonds. The fourth-order valence-corrected chi connectivity index (χ4v) is 6.26. The zero-order valence-electron chi connectivity index (χ0n) is 11.4. The Morgan fingerprint density at radius 1 is 1.21 bits per heavy atom. The van der Waals surface area contributed by atoms with Crippen molar-refractivity contribution in [1.29, 1.82) is 0 Å². The highest BCUT2D eigenvalue weighted by Crippen LogP contribution is 2.69. The second-order valence-electron chi connectivity index (χ2n) is 7.01. The van der Waals surface area contributed by atoms with Gasteiger partial charge in [-0.1, -0.05) is 31.6 Å². The van der Waals surface area contributed by atoms with Crippen molar-refractivity contribution >= 4 is 5.97 Å². The third-order valence-electron chi connectivity index (χ3n) is 6.59. The van der Waals surface area contributed by atoms with Gasteiger partial charge in [-0.2, -0.15) is 0 Å². The number of carboxylic acids is 1. The summed E-state index contributed by atoms with van der Waals surface area (Å²) >= 11 is 0. The fourth-order valence-electron chi connectivity index (χ4n) is 6.26. The zero-order valence-corrected chi connectivity index (χ0v) is 11.4. The lowest BCUT2D eigenvalue weighted by molar-refractivity contribution is -0.131. The van der Waals surface area contributed by atoms with Crippen LogP contribution in [-0.2, 0) is 4.79 Å². The van der Waals surface area contributed by atoms with Crippen molar-refractivity contribution in [1.82, 2.24) is 0 Å². The van der Waals surface area contributed by atoms with Gasteiger partial charge in [-0.3, -0.25) is 0 Å². The van der Waals surface area contributed by atoms with E-state index in [0.717, 1.165) is 41.4 Å². The van der Waals surface area contributed by atoms with E-state index in [1.807, 2.05) is 6.08 Å². The maximum atomic E-state index is 10.8. The van der Waals surface area contributed by atoms with E-state index in [9.17, 15) is 4.79 Å². The van der Waals surface area contributed by atoms with Crippen LogP contribution in [0.4, 0.5) is 0 Å². The maximum absolute atomic E-state index is 10.8. The highest BCUT2D eigenvalue weighted by Gasteiger charge is 2.63. The molecule has 0 heterocycles. The second kappa shape index (κ2) is 3.97. The van der Waals surface area contributed by atoms with E-state index in [-0.39, 0.29) is 0 Å². The number of allylic oxidation sites excluding steroid dienone is 3. The SMILES string of the molecule is CCC1C(/C=C/C(=O)O)C2CC1C1C3C=CC(C3)C21. The van der Waals surface area contributed by atoms with E-state index in [1.165, 1.54) is 25.3 Å². The van der Waals surface area contributed by atoms with Crippen LogP contribution < -0.4 is 0 Å². The fraction of sp³-hybridized carbons (Fsp3) is 0.706. The summed E-state index contributed by atoms with van der Waals surface area (Å²) in [6.45, 7) is 2.28. The Morgan fingerprint density at radius 3 is 2.53 bits per heavy atom. The lowest BCUT2D eigenvalue weighted by Gasteiger charge is -2.40. The van der Waals surface area contributed by atoms with Crippen molar-refractivity contribution in [3.63, 3.8) is 0 Å². The highest BCUT2D eigenvalue weighted by atomic mass is 16.4. The molecule has 4 aliphatic carbocycles. The standard InChI is InChI=1S/C17H22O2/c1-2-11-12(5-6-15(18)19)14-8-13(11)16-9-3-4-10(7-9)17(14)16/h3-6,9-14,16-17H,2,7-8H2,1H3,(H,18,19)/b6-5+. The van der Waals surface area contributed by atoms with Crippen molar-refractivity contribution < 1.29 is 9.90 Å². The van der Waals surface area contributed by atoms with Crippen molar-refractivity contribution in [3.05, 3.63) is 24.3 Å². The number of aliphatic carboxylic acids is 1. The molecule has 8 atom stereocenters. The first-order valence-corrected chi connectivity index (χ1v) is 7.80. The molecular weight excluding hydrogens is 236 g/mol. The first-order valence-electron chi connectivity index (χ1n) is 7.80. The molecule has 4 aliphatic rings. The van der Waals surface area contributed by atoms with E-state index >= 15 is 0 Å². The molecule has 2 heteroatoms. The third-order valence-corrected chi connectivity index (χ3v) is 6.59. The lowest BCUT2D eigenvalue weighted by Crippen LogP contribution is -2.36. The molecule has 0 aromatic heterocycles. The normalized spacial score (nSPS) is 53.3. The summed E-state index contributed by atoms with van der Waals surface area (Å²) in [6, 6.07) is 0. The highest BCUT2D eigenvalue weighted by molar-refractivity contribution is 5.79. The molecule has 8 unspecified atom stereocenters. The summed E-state index contributed by atoms with van der Waals surface area (Å²) in [5.41, 5.74) is 0. The van der Waals surface area contributed by atoms with E-state index in [4.69, 9.17) is 5.11 Å². The van der Waals surface area contributed by atoms with Gasteiger partial charge >= 0.3 is 5.97 Å².